The second-order valence-electron chi connectivity index (χ2n) is 9.19. The lowest BCUT2D eigenvalue weighted by Crippen LogP contribution is -2.54. The molecule has 0 radical (unpaired) electrons. The highest BCUT2D eigenvalue weighted by atomic mass is 16.6. The van der Waals surface area contributed by atoms with E-state index < -0.39 is 35.3 Å². The fourth-order valence-corrected chi connectivity index (χ4v) is 3.96. The average Bonchev–Trinajstić information content (AvgIpc) is 2.97. The summed E-state index contributed by atoms with van der Waals surface area (Å²) in [6.45, 7) is 6.19. The Morgan fingerprint density at radius 2 is 1.85 bits per heavy atom. The Morgan fingerprint density at radius 3 is 2.55 bits per heavy atom. The third-order valence-corrected chi connectivity index (χ3v) is 5.41. The van der Waals surface area contributed by atoms with Crippen LogP contribution in [0.5, 0.6) is 0 Å². The van der Waals surface area contributed by atoms with Crippen molar-refractivity contribution >= 4 is 29.6 Å². The SMILES string of the molecule is CC(C)(C)OC(=O)CCOCCCCc1cccc2c1C(=O)N(C1CCC(=O)NC1=O)C2=O. The van der Waals surface area contributed by atoms with Crippen molar-refractivity contribution in [3.8, 4) is 0 Å². The van der Waals surface area contributed by atoms with Crippen molar-refractivity contribution in [2.45, 2.75) is 70.9 Å². The van der Waals surface area contributed by atoms with Crippen LogP contribution in [0.4, 0.5) is 0 Å². The molecule has 1 saturated heterocycles. The molecular formula is C24H30N2O7. The lowest BCUT2D eigenvalue weighted by molar-refractivity contribution is -0.156. The Balaban J connectivity index is 1.50. The summed E-state index contributed by atoms with van der Waals surface area (Å²) in [6.07, 6.45) is 2.42. The van der Waals surface area contributed by atoms with Crippen LogP contribution in [0.1, 0.15) is 79.2 Å². The first kappa shape index (κ1) is 24.6. The van der Waals surface area contributed by atoms with Gasteiger partial charge >= 0.3 is 5.97 Å². The molecule has 0 spiro atoms. The Morgan fingerprint density at radius 1 is 1.09 bits per heavy atom. The Hall–Kier alpha value is -3.07. The standard InChI is InChI=1S/C24H30N2O7/c1-24(2,3)33-19(28)12-14-32-13-5-4-7-15-8-6-9-16-20(15)23(31)26(22(16)30)17-10-11-18(27)25-21(17)29/h6,8-9,17H,4-5,7,10-14H2,1-3H3,(H,25,27,29). The molecule has 1 fully saturated rings. The molecule has 0 bridgehead atoms. The molecule has 4 amide bonds. The molecule has 1 N–H and O–H groups in total. The number of hydrogen-bond acceptors (Lipinski definition) is 7. The van der Waals surface area contributed by atoms with Crippen molar-refractivity contribution in [2.24, 2.45) is 0 Å². The second-order valence-corrected chi connectivity index (χ2v) is 9.19. The number of carbonyl (C=O) groups is 5. The first-order valence-electron chi connectivity index (χ1n) is 11.2. The van der Waals surface area contributed by atoms with Crippen LogP contribution in [-0.4, -0.2) is 59.4 Å². The van der Waals surface area contributed by atoms with E-state index in [-0.39, 0.29) is 37.4 Å². The third kappa shape index (κ3) is 6.04. The fraction of sp³-hybridized carbons (Fsp3) is 0.542. The number of unbranched alkanes of at least 4 members (excludes halogenated alkanes) is 1. The number of rotatable bonds is 9. The molecule has 2 aliphatic rings. The van der Waals surface area contributed by atoms with Gasteiger partial charge < -0.3 is 9.47 Å². The molecular weight excluding hydrogens is 428 g/mol. The molecule has 2 heterocycles. The zero-order chi connectivity index (χ0) is 24.2. The summed E-state index contributed by atoms with van der Waals surface area (Å²) in [5, 5.41) is 2.20. The lowest BCUT2D eigenvalue weighted by atomic mass is 9.98. The number of amides is 4. The topological polar surface area (TPSA) is 119 Å². The Labute approximate surface area is 192 Å². The lowest BCUT2D eigenvalue weighted by Gasteiger charge is -2.27. The molecule has 1 aromatic rings. The number of nitrogens with zero attached hydrogens (tertiary/aromatic N) is 1. The third-order valence-electron chi connectivity index (χ3n) is 5.41. The Bertz CT molecular complexity index is 964. The van der Waals surface area contributed by atoms with Gasteiger partial charge in [0.05, 0.1) is 24.2 Å². The maximum absolute atomic E-state index is 13.1. The molecule has 2 aliphatic heterocycles. The number of aryl methyl sites for hydroxylation is 1. The van der Waals surface area contributed by atoms with Gasteiger partial charge in [0.1, 0.15) is 11.6 Å². The van der Waals surface area contributed by atoms with Crippen LogP contribution < -0.4 is 5.32 Å². The van der Waals surface area contributed by atoms with E-state index in [0.29, 0.717) is 18.6 Å². The van der Waals surface area contributed by atoms with Crippen LogP contribution in [0.3, 0.4) is 0 Å². The molecule has 1 atom stereocenters. The minimum Gasteiger partial charge on any atom is -0.460 e. The zero-order valence-corrected chi connectivity index (χ0v) is 19.3. The summed E-state index contributed by atoms with van der Waals surface area (Å²) < 4.78 is 10.7. The van der Waals surface area contributed by atoms with Gasteiger partial charge in [-0.05, 0) is 58.1 Å². The van der Waals surface area contributed by atoms with Gasteiger partial charge in [-0.15, -0.1) is 0 Å². The summed E-state index contributed by atoms with van der Waals surface area (Å²) in [5.74, 6) is -2.32. The summed E-state index contributed by atoms with van der Waals surface area (Å²) in [5.41, 5.74) is 0.850. The number of benzene rings is 1. The van der Waals surface area contributed by atoms with E-state index in [1.807, 2.05) is 20.8 Å². The molecule has 9 nitrogen and oxygen atoms in total. The maximum Gasteiger partial charge on any atom is 0.308 e. The minimum atomic E-state index is -0.971. The number of imide groups is 2. The van der Waals surface area contributed by atoms with E-state index in [1.54, 1.807) is 18.2 Å². The van der Waals surface area contributed by atoms with E-state index >= 15 is 0 Å². The highest BCUT2D eigenvalue weighted by molar-refractivity contribution is 6.24. The van der Waals surface area contributed by atoms with Crippen LogP contribution >= 0.6 is 0 Å². The van der Waals surface area contributed by atoms with Gasteiger partial charge in [0.2, 0.25) is 11.8 Å². The van der Waals surface area contributed by atoms with Gasteiger partial charge in [-0.25, -0.2) is 0 Å². The van der Waals surface area contributed by atoms with Crippen molar-refractivity contribution in [3.63, 3.8) is 0 Å². The number of piperidine rings is 1. The van der Waals surface area contributed by atoms with Gasteiger partial charge in [-0.3, -0.25) is 34.2 Å². The minimum absolute atomic E-state index is 0.0879. The molecule has 0 aliphatic carbocycles. The molecule has 1 unspecified atom stereocenters. The van der Waals surface area contributed by atoms with Crippen LogP contribution in [-0.2, 0) is 30.3 Å². The highest BCUT2D eigenvalue weighted by Crippen LogP contribution is 2.30. The van der Waals surface area contributed by atoms with Crippen molar-refractivity contribution in [1.29, 1.82) is 0 Å². The molecule has 0 aromatic heterocycles. The van der Waals surface area contributed by atoms with Crippen molar-refractivity contribution in [3.05, 3.63) is 34.9 Å². The summed E-state index contributed by atoms with van der Waals surface area (Å²) in [4.78, 5) is 62.2. The number of esters is 1. The van der Waals surface area contributed by atoms with E-state index in [2.05, 4.69) is 5.32 Å². The highest BCUT2D eigenvalue weighted by Gasteiger charge is 2.45. The smallest absolute Gasteiger partial charge is 0.308 e. The summed E-state index contributed by atoms with van der Waals surface area (Å²) in [7, 11) is 0. The van der Waals surface area contributed by atoms with Gasteiger partial charge in [0.15, 0.2) is 0 Å². The zero-order valence-electron chi connectivity index (χ0n) is 19.3. The van der Waals surface area contributed by atoms with E-state index in [4.69, 9.17) is 9.47 Å². The van der Waals surface area contributed by atoms with Crippen molar-refractivity contribution in [1.82, 2.24) is 10.2 Å². The van der Waals surface area contributed by atoms with E-state index in [9.17, 15) is 24.0 Å². The molecule has 33 heavy (non-hydrogen) atoms. The summed E-state index contributed by atoms with van der Waals surface area (Å²) >= 11 is 0. The Kier molecular flexibility index (Phi) is 7.63. The largest absolute Gasteiger partial charge is 0.460 e. The van der Waals surface area contributed by atoms with Gasteiger partial charge in [-0.1, -0.05) is 12.1 Å². The fourth-order valence-electron chi connectivity index (χ4n) is 3.96. The first-order chi connectivity index (χ1) is 15.6. The quantitative estimate of drug-likeness (QED) is 0.342. The van der Waals surface area contributed by atoms with Gasteiger partial charge in [0, 0.05) is 13.0 Å². The van der Waals surface area contributed by atoms with Gasteiger partial charge in [0.25, 0.3) is 11.8 Å². The first-order valence-corrected chi connectivity index (χ1v) is 11.2. The van der Waals surface area contributed by atoms with Crippen LogP contribution in [0.2, 0.25) is 0 Å². The molecule has 178 valence electrons. The molecule has 3 rings (SSSR count). The number of fused-ring (bicyclic) bond motifs is 1. The van der Waals surface area contributed by atoms with E-state index in [1.165, 1.54) is 0 Å². The van der Waals surface area contributed by atoms with Gasteiger partial charge in [-0.2, -0.15) is 0 Å². The average molecular weight is 459 g/mol. The van der Waals surface area contributed by atoms with Crippen LogP contribution in [0, 0.1) is 0 Å². The monoisotopic (exact) mass is 458 g/mol. The molecule has 0 saturated carbocycles. The van der Waals surface area contributed by atoms with Crippen LogP contribution in [0.25, 0.3) is 0 Å². The molecule has 1 aromatic carbocycles. The number of carbonyl (C=O) groups excluding carboxylic acids is 5. The number of nitrogens with one attached hydrogen (secondary N) is 1. The molecule has 9 heteroatoms. The number of ether oxygens (including phenoxy) is 2. The predicted octanol–water partition coefficient (Wildman–Crippen LogP) is 2.16. The van der Waals surface area contributed by atoms with Crippen molar-refractivity contribution < 1.29 is 33.4 Å². The maximum atomic E-state index is 13.1. The second kappa shape index (κ2) is 10.2. The summed E-state index contributed by atoms with van der Waals surface area (Å²) in [6, 6.07) is 4.15. The normalized spacial score (nSPS) is 18.4. The van der Waals surface area contributed by atoms with E-state index in [0.717, 1.165) is 23.3 Å². The van der Waals surface area contributed by atoms with Crippen LogP contribution in [0.15, 0.2) is 18.2 Å². The number of hydrogen-bond donors (Lipinski definition) is 1. The van der Waals surface area contributed by atoms with Crippen molar-refractivity contribution in [2.75, 3.05) is 13.2 Å². The predicted molar refractivity (Wildman–Crippen MR) is 117 cm³/mol.